The second kappa shape index (κ2) is 10.4. The molecule has 0 unspecified atom stereocenters. The van der Waals surface area contributed by atoms with Crippen molar-refractivity contribution in [1.82, 2.24) is 9.97 Å². The maximum Gasteiger partial charge on any atom is 0.261 e. The van der Waals surface area contributed by atoms with Crippen molar-refractivity contribution in [3.05, 3.63) is 114 Å². The van der Waals surface area contributed by atoms with E-state index in [0.29, 0.717) is 22.8 Å². The maximum atomic E-state index is 13.0. The number of aromatic nitrogens is 2. The molecule has 0 bridgehead atoms. The number of hydrogen-bond donors (Lipinski definition) is 3. The average Bonchev–Trinajstić information content (AvgIpc) is 3.31. The number of fused-ring (bicyclic) bond motifs is 1. The first kappa shape index (κ1) is 25.0. The topological polar surface area (TPSA) is 104 Å². The van der Waals surface area contributed by atoms with Crippen LogP contribution in [0.1, 0.15) is 16.7 Å². The van der Waals surface area contributed by atoms with Crippen molar-refractivity contribution in [1.29, 1.82) is 0 Å². The van der Waals surface area contributed by atoms with Crippen LogP contribution >= 0.6 is 0 Å². The third-order valence-electron chi connectivity index (χ3n) is 5.90. The summed E-state index contributed by atoms with van der Waals surface area (Å²) in [4.78, 5) is 20.8. The fourth-order valence-corrected chi connectivity index (χ4v) is 5.35. The highest BCUT2D eigenvalue weighted by atomic mass is 32.2. The molecule has 1 heterocycles. The van der Waals surface area contributed by atoms with E-state index < -0.39 is 10.0 Å². The van der Waals surface area contributed by atoms with Gasteiger partial charge >= 0.3 is 0 Å². The monoisotopic (exact) mass is 522 g/mol. The lowest BCUT2D eigenvalue weighted by Gasteiger charge is -2.10. The highest BCUT2D eigenvalue weighted by molar-refractivity contribution is 7.92. The molecule has 7 nitrogen and oxygen atoms in total. The predicted octanol–water partition coefficient (Wildman–Crippen LogP) is 6.30. The molecule has 0 aliphatic rings. The number of anilines is 2. The van der Waals surface area contributed by atoms with Gasteiger partial charge in [0.15, 0.2) is 0 Å². The van der Waals surface area contributed by atoms with E-state index in [4.69, 9.17) is 0 Å². The van der Waals surface area contributed by atoms with Gasteiger partial charge in [-0.05, 0) is 85.1 Å². The van der Waals surface area contributed by atoms with Crippen LogP contribution in [0.4, 0.5) is 11.4 Å². The molecule has 1 aromatic heterocycles. The Balaban J connectivity index is 1.32. The molecule has 0 aliphatic heterocycles. The van der Waals surface area contributed by atoms with Gasteiger partial charge in [-0.25, -0.2) is 13.4 Å². The van der Waals surface area contributed by atoms with E-state index in [1.165, 1.54) is 18.2 Å². The number of carbonyl (C=O) groups is 1. The SMILES string of the molecule is Cc1cc(C)cc(NS(=O)(=O)c2cccc(/C=C/C(=O)Nc3ccccc3-c3nc4ccccc4[nH]3)c2)c1. The van der Waals surface area contributed by atoms with Crippen LogP contribution in [-0.2, 0) is 14.8 Å². The Hall–Kier alpha value is -4.69. The minimum absolute atomic E-state index is 0.106. The second-order valence-corrected chi connectivity index (χ2v) is 10.7. The number of sulfonamides is 1. The normalized spacial score (nSPS) is 11.6. The Kier molecular flexibility index (Phi) is 6.81. The van der Waals surface area contributed by atoms with Crippen molar-refractivity contribution in [3.63, 3.8) is 0 Å². The molecule has 1 amide bonds. The summed E-state index contributed by atoms with van der Waals surface area (Å²) in [5.74, 6) is 0.301. The molecule has 3 N–H and O–H groups in total. The van der Waals surface area contributed by atoms with Crippen molar-refractivity contribution in [2.24, 2.45) is 0 Å². The third-order valence-corrected chi connectivity index (χ3v) is 7.28. The lowest BCUT2D eigenvalue weighted by Crippen LogP contribution is -2.13. The molecule has 5 rings (SSSR count). The molecule has 0 saturated heterocycles. The van der Waals surface area contributed by atoms with Crippen molar-refractivity contribution < 1.29 is 13.2 Å². The summed E-state index contributed by atoms with van der Waals surface area (Å²) in [7, 11) is -3.80. The van der Waals surface area contributed by atoms with E-state index in [9.17, 15) is 13.2 Å². The first-order valence-electron chi connectivity index (χ1n) is 12.0. The minimum atomic E-state index is -3.80. The van der Waals surface area contributed by atoms with Crippen LogP contribution in [0.2, 0.25) is 0 Å². The number of aryl methyl sites for hydroxylation is 2. The van der Waals surface area contributed by atoms with Gasteiger partial charge in [0.25, 0.3) is 10.0 Å². The van der Waals surface area contributed by atoms with E-state index in [-0.39, 0.29) is 10.8 Å². The highest BCUT2D eigenvalue weighted by Crippen LogP contribution is 2.27. The standard InChI is InChI=1S/C30H26N4O3S/c1-20-16-21(2)18-23(17-20)34-38(36,37)24-9-7-8-22(19-24)14-15-29(35)31-26-11-4-3-10-25(26)30-32-27-12-5-6-13-28(27)33-30/h3-19,34H,1-2H3,(H,31,35)(H,32,33)/b15-14+. The summed E-state index contributed by atoms with van der Waals surface area (Å²) in [6, 6.07) is 27.1. The van der Waals surface area contributed by atoms with Gasteiger partial charge in [-0.15, -0.1) is 0 Å². The Bertz CT molecular complexity index is 1740. The summed E-state index contributed by atoms with van der Waals surface area (Å²) >= 11 is 0. The summed E-state index contributed by atoms with van der Waals surface area (Å²) < 4.78 is 28.6. The molecule has 190 valence electrons. The van der Waals surface area contributed by atoms with Crippen LogP contribution in [0.15, 0.2) is 102 Å². The van der Waals surface area contributed by atoms with E-state index in [0.717, 1.165) is 27.7 Å². The summed E-state index contributed by atoms with van der Waals surface area (Å²) in [6.45, 7) is 3.83. The smallest absolute Gasteiger partial charge is 0.261 e. The predicted molar refractivity (Wildman–Crippen MR) is 152 cm³/mol. The number of benzene rings is 4. The zero-order valence-corrected chi connectivity index (χ0v) is 21.7. The largest absolute Gasteiger partial charge is 0.338 e. The quantitative estimate of drug-likeness (QED) is 0.218. The van der Waals surface area contributed by atoms with Crippen molar-refractivity contribution in [2.45, 2.75) is 18.7 Å². The number of rotatable bonds is 7. The Morgan fingerprint density at radius 1 is 0.868 bits per heavy atom. The van der Waals surface area contributed by atoms with Crippen LogP contribution in [0, 0.1) is 13.8 Å². The van der Waals surface area contributed by atoms with E-state index in [2.05, 4.69) is 20.0 Å². The summed E-state index contributed by atoms with van der Waals surface area (Å²) in [6.07, 6.45) is 2.95. The number of nitrogens with one attached hydrogen (secondary N) is 3. The third kappa shape index (κ3) is 5.66. The van der Waals surface area contributed by atoms with Gasteiger partial charge in [0.1, 0.15) is 5.82 Å². The van der Waals surface area contributed by atoms with Crippen LogP contribution in [0.3, 0.4) is 0 Å². The molecule has 0 aliphatic carbocycles. The van der Waals surface area contributed by atoms with E-state index in [1.807, 2.05) is 62.4 Å². The molecular formula is C30H26N4O3S. The number of carbonyl (C=O) groups excluding carboxylic acids is 1. The van der Waals surface area contributed by atoms with Gasteiger partial charge in [0.2, 0.25) is 5.91 Å². The van der Waals surface area contributed by atoms with Crippen LogP contribution in [0.25, 0.3) is 28.5 Å². The molecule has 0 radical (unpaired) electrons. The summed E-state index contributed by atoms with van der Waals surface area (Å²) in [5, 5.41) is 2.90. The number of H-pyrrole nitrogens is 1. The van der Waals surface area contributed by atoms with Gasteiger partial charge in [-0.1, -0.05) is 42.5 Å². The molecule has 0 fully saturated rings. The lowest BCUT2D eigenvalue weighted by atomic mass is 10.1. The Morgan fingerprint density at radius 3 is 2.39 bits per heavy atom. The van der Waals surface area contributed by atoms with Crippen molar-refractivity contribution in [3.8, 4) is 11.4 Å². The van der Waals surface area contributed by atoms with Gasteiger partial charge in [0, 0.05) is 17.3 Å². The number of amides is 1. The minimum Gasteiger partial charge on any atom is -0.338 e. The number of imidazole rings is 1. The van der Waals surface area contributed by atoms with Crippen LogP contribution < -0.4 is 10.0 Å². The molecule has 0 spiro atoms. The van der Waals surface area contributed by atoms with E-state index >= 15 is 0 Å². The zero-order chi connectivity index (χ0) is 26.7. The average molecular weight is 523 g/mol. The molecule has 4 aromatic carbocycles. The number of hydrogen-bond acceptors (Lipinski definition) is 4. The van der Waals surface area contributed by atoms with Crippen molar-refractivity contribution in [2.75, 3.05) is 10.0 Å². The molecule has 0 saturated carbocycles. The van der Waals surface area contributed by atoms with E-state index in [1.54, 1.807) is 36.4 Å². The number of aromatic amines is 1. The zero-order valence-electron chi connectivity index (χ0n) is 20.9. The second-order valence-electron chi connectivity index (χ2n) is 9.03. The van der Waals surface area contributed by atoms with Gasteiger partial charge < -0.3 is 10.3 Å². The first-order valence-corrected chi connectivity index (χ1v) is 13.5. The molecular weight excluding hydrogens is 496 g/mol. The lowest BCUT2D eigenvalue weighted by molar-refractivity contribution is -0.111. The van der Waals surface area contributed by atoms with Gasteiger partial charge in [0.05, 0.1) is 21.6 Å². The fourth-order valence-electron chi connectivity index (χ4n) is 4.26. The van der Waals surface area contributed by atoms with Gasteiger partial charge in [-0.3, -0.25) is 9.52 Å². The van der Waals surface area contributed by atoms with Gasteiger partial charge in [-0.2, -0.15) is 0 Å². The fraction of sp³-hybridized carbons (Fsp3) is 0.0667. The van der Waals surface area contributed by atoms with Crippen LogP contribution in [-0.4, -0.2) is 24.3 Å². The van der Waals surface area contributed by atoms with Crippen LogP contribution in [0.5, 0.6) is 0 Å². The Morgan fingerprint density at radius 2 is 1.61 bits per heavy atom. The Labute approximate surface area is 221 Å². The van der Waals surface area contributed by atoms with Crippen molar-refractivity contribution >= 4 is 44.4 Å². The summed E-state index contributed by atoms with van der Waals surface area (Å²) in [5.41, 5.74) is 6.13. The highest BCUT2D eigenvalue weighted by Gasteiger charge is 2.15. The molecule has 5 aromatic rings. The maximum absolute atomic E-state index is 13.0. The molecule has 38 heavy (non-hydrogen) atoms. The number of para-hydroxylation sites is 3. The first-order chi connectivity index (χ1) is 18.3. The molecule has 8 heteroatoms. The molecule has 0 atom stereocenters. The number of nitrogens with zero attached hydrogens (tertiary/aromatic N) is 1.